The number of rotatable bonds is 7. The molecule has 1 heterocycles. The van der Waals surface area contributed by atoms with Crippen molar-refractivity contribution in [3.05, 3.63) is 29.6 Å². The Hall–Kier alpha value is -1.53. The molecule has 0 aliphatic rings. The molecule has 1 aromatic heterocycles. The third-order valence-electron chi connectivity index (χ3n) is 2.81. The van der Waals surface area contributed by atoms with Crippen LogP contribution < -0.4 is 5.32 Å². The third-order valence-corrected chi connectivity index (χ3v) is 2.81. The molecule has 0 saturated heterocycles. The number of fused-ring (bicyclic) bond motifs is 1. The number of hydrogen-bond acceptors (Lipinski definition) is 3. The van der Waals surface area contributed by atoms with Crippen molar-refractivity contribution >= 4 is 11.0 Å². The van der Waals surface area contributed by atoms with Gasteiger partial charge < -0.3 is 15.0 Å². The van der Waals surface area contributed by atoms with Gasteiger partial charge in [-0.25, -0.2) is 13.8 Å². The quantitative estimate of drug-likeness (QED) is 0.756. The fraction of sp³-hybridized carbons (Fsp3) is 0.462. The van der Waals surface area contributed by atoms with Crippen LogP contribution in [-0.4, -0.2) is 36.8 Å². The first-order chi connectivity index (χ1) is 9.20. The maximum absolute atomic E-state index is 13.0. The van der Waals surface area contributed by atoms with Crippen molar-refractivity contribution in [3.63, 3.8) is 0 Å². The molecule has 2 aromatic rings. The van der Waals surface area contributed by atoms with Crippen LogP contribution in [0.2, 0.25) is 0 Å². The van der Waals surface area contributed by atoms with E-state index in [0.29, 0.717) is 17.5 Å². The van der Waals surface area contributed by atoms with Crippen LogP contribution in [0.4, 0.5) is 8.78 Å². The summed E-state index contributed by atoms with van der Waals surface area (Å²) in [6, 6.07) is 2.24. The van der Waals surface area contributed by atoms with E-state index in [1.54, 1.807) is 7.11 Å². The molecule has 0 unspecified atom stereocenters. The van der Waals surface area contributed by atoms with Crippen LogP contribution in [0.1, 0.15) is 12.2 Å². The number of aromatic amines is 1. The van der Waals surface area contributed by atoms with E-state index in [2.05, 4.69) is 15.3 Å². The normalized spacial score (nSPS) is 11.3. The Balaban J connectivity index is 1.87. The second-order valence-electron chi connectivity index (χ2n) is 4.31. The maximum atomic E-state index is 13.0. The zero-order valence-electron chi connectivity index (χ0n) is 10.8. The van der Waals surface area contributed by atoms with Crippen LogP contribution in [0.15, 0.2) is 12.1 Å². The first kappa shape index (κ1) is 13.9. The second kappa shape index (κ2) is 6.58. The lowest BCUT2D eigenvalue weighted by atomic mass is 10.3. The number of ether oxygens (including phenoxy) is 1. The number of H-pyrrole nitrogens is 1. The minimum absolute atomic E-state index is 0.452. The van der Waals surface area contributed by atoms with Crippen molar-refractivity contribution in [2.45, 2.75) is 12.8 Å². The summed E-state index contributed by atoms with van der Waals surface area (Å²) in [6.45, 7) is 2.36. The van der Waals surface area contributed by atoms with Gasteiger partial charge in [-0.1, -0.05) is 0 Å². The van der Waals surface area contributed by atoms with Gasteiger partial charge in [0.25, 0.3) is 0 Å². The van der Waals surface area contributed by atoms with Gasteiger partial charge in [0.1, 0.15) is 5.82 Å². The largest absolute Gasteiger partial charge is 0.385 e. The number of nitrogens with zero attached hydrogens (tertiary/aromatic N) is 1. The molecule has 0 bridgehead atoms. The zero-order chi connectivity index (χ0) is 13.7. The molecule has 0 fully saturated rings. The lowest BCUT2D eigenvalue weighted by Gasteiger charge is -2.02. The Morgan fingerprint density at radius 2 is 2.05 bits per heavy atom. The highest BCUT2D eigenvalue weighted by Gasteiger charge is 2.08. The monoisotopic (exact) mass is 269 g/mol. The highest BCUT2D eigenvalue weighted by atomic mass is 19.2. The van der Waals surface area contributed by atoms with Crippen LogP contribution in [0.5, 0.6) is 0 Å². The summed E-state index contributed by atoms with van der Waals surface area (Å²) < 4.78 is 31.0. The summed E-state index contributed by atoms with van der Waals surface area (Å²) in [4.78, 5) is 7.20. The Morgan fingerprint density at radius 3 is 2.84 bits per heavy atom. The number of benzene rings is 1. The van der Waals surface area contributed by atoms with Crippen molar-refractivity contribution in [1.29, 1.82) is 0 Å². The van der Waals surface area contributed by atoms with Crippen LogP contribution in [-0.2, 0) is 11.2 Å². The van der Waals surface area contributed by atoms with Gasteiger partial charge in [0.2, 0.25) is 0 Å². The van der Waals surface area contributed by atoms with E-state index in [1.807, 2.05) is 0 Å². The smallest absolute Gasteiger partial charge is 0.161 e. The summed E-state index contributed by atoms with van der Waals surface area (Å²) in [5, 5.41) is 3.25. The van der Waals surface area contributed by atoms with Gasteiger partial charge in [-0.05, 0) is 13.0 Å². The predicted octanol–water partition coefficient (Wildman–Crippen LogP) is 2.01. The molecule has 2 rings (SSSR count). The molecule has 104 valence electrons. The van der Waals surface area contributed by atoms with Gasteiger partial charge in [0, 0.05) is 38.8 Å². The molecule has 19 heavy (non-hydrogen) atoms. The van der Waals surface area contributed by atoms with Gasteiger partial charge in [-0.15, -0.1) is 0 Å². The molecule has 0 amide bonds. The highest BCUT2D eigenvalue weighted by molar-refractivity contribution is 5.75. The van der Waals surface area contributed by atoms with E-state index in [-0.39, 0.29) is 0 Å². The van der Waals surface area contributed by atoms with E-state index < -0.39 is 11.6 Å². The molecule has 0 saturated carbocycles. The van der Waals surface area contributed by atoms with E-state index >= 15 is 0 Å². The minimum Gasteiger partial charge on any atom is -0.385 e. The molecular formula is C13H17F2N3O. The van der Waals surface area contributed by atoms with Gasteiger partial charge in [-0.3, -0.25) is 0 Å². The average molecular weight is 269 g/mol. The summed E-state index contributed by atoms with van der Waals surface area (Å²) in [7, 11) is 1.67. The summed E-state index contributed by atoms with van der Waals surface area (Å²) >= 11 is 0. The number of aromatic nitrogens is 2. The van der Waals surface area contributed by atoms with E-state index in [9.17, 15) is 8.78 Å². The second-order valence-corrected chi connectivity index (χ2v) is 4.31. The van der Waals surface area contributed by atoms with Gasteiger partial charge in [0.15, 0.2) is 11.6 Å². The molecule has 1 aromatic carbocycles. The predicted molar refractivity (Wildman–Crippen MR) is 69.1 cm³/mol. The lowest BCUT2D eigenvalue weighted by molar-refractivity contribution is 0.194. The molecule has 0 atom stereocenters. The van der Waals surface area contributed by atoms with Gasteiger partial charge >= 0.3 is 0 Å². The number of nitrogens with one attached hydrogen (secondary N) is 2. The minimum atomic E-state index is -0.872. The van der Waals surface area contributed by atoms with Gasteiger partial charge in [0.05, 0.1) is 11.0 Å². The van der Waals surface area contributed by atoms with Crippen molar-refractivity contribution in [3.8, 4) is 0 Å². The SMILES string of the molecule is COCCCNCCc1nc2cc(F)c(F)cc2[nH]1. The average Bonchev–Trinajstić information content (AvgIpc) is 2.76. The summed E-state index contributed by atoms with van der Waals surface area (Å²) in [6.07, 6.45) is 1.64. The Morgan fingerprint density at radius 1 is 1.26 bits per heavy atom. The topological polar surface area (TPSA) is 49.9 Å². The van der Waals surface area contributed by atoms with Crippen molar-refractivity contribution < 1.29 is 13.5 Å². The first-order valence-electron chi connectivity index (χ1n) is 6.24. The fourth-order valence-electron chi connectivity index (χ4n) is 1.85. The first-order valence-corrected chi connectivity index (χ1v) is 6.24. The molecule has 2 N–H and O–H groups in total. The van der Waals surface area contributed by atoms with Crippen LogP contribution in [0.25, 0.3) is 11.0 Å². The fourth-order valence-corrected chi connectivity index (χ4v) is 1.85. The Bertz CT molecular complexity index is 503. The van der Waals surface area contributed by atoms with Crippen LogP contribution in [0, 0.1) is 11.6 Å². The lowest BCUT2D eigenvalue weighted by Crippen LogP contribution is -2.19. The number of imidazole rings is 1. The molecule has 4 nitrogen and oxygen atoms in total. The van der Waals surface area contributed by atoms with E-state index in [0.717, 1.165) is 44.1 Å². The third kappa shape index (κ3) is 3.71. The molecule has 0 aliphatic heterocycles. The number of halogens is 2. The summed E-state index contributed by atoms with van der Waals surface area (Å²) in [5.41, 5.74) is 0.974. The molecule has 0 spiro atoms. The van der Waals surface area contributed by atoms with Gasteiger partial charge in [-0.2, -0.15) is 0 Å². The Kier molecular flexibility index (Phi) is 4.81. The summed E-state index contributed by atoms with van der Waals surface area (Å²) in [5.74, 6) is -1.01. The molecule has 0 aliphatic carbocycles. The molecule has 6 heteroatoms. The number of hydrogen-bond donors (Lipinski definition) is 2. The zero-order valence-corrected chi connectivity index (χ0v) is 10.8. The van der Waals surface area contributed by atoms with Crippen molar-refractivity contribution in [1.82, 2.24) is 15.3 Å². The van der Waals surface area contributed by atoms with Crippen molar-refractivity contribution in [2.75, 3.05) is 26.8 Å². The standard InChI is InChI=1S/C13H17F2N3O/c1-19-6-2-4-16-5-3-13-17-11-7-9(14)10(15)8-12(11)18-13/h7-8,16H,2-6H2,1H3,(H,17,18). The van der Waals surface area contributed by atoms with Crippen molar-refractivity contribution in [2.24, 2.45) is 0 Å². The van der Waals surface area contributed by atoms with E-state index in [1.165, 1.54) is 0 Å². The number of methoxy groups -OCH3 is 1. The van der Waals surface area contributed by atoms with Crippen LogP contribution >= 0.6 is 0 Å². The molecular weight excluding hydrogens is 252 g/mol. The highest BCUT2D eigenvalue weighted by Crippen LogP contribution is 2.16. The maximum Gasteiger partial charge on any atom is 0.161 e. The van der Waals surface area contributed by atoms with Crippen LogP contribution in [0.3, 0.4) is 0 Å². The molecule has 0 radical (unpaired) electrons. The Labute approximate surface area is 110 Å². The van der Waals surface area contributed by atoms with E-state index in [4.69, 9.17) is 4.74 Å².